The molecule has 0 atom stereocenters. The highest BCUT2D eigenvalue weighted by Crippen LogP contribution is 2.33. The second-order valence-electron chi connectivity index (χ2n) is 9.19. The van der Waals surface area contributed by atoms with E-state index in [2.05, 4.69) is 32.0 Å². The van der Waals surface area contributed by atoms with Crippen LogP contribution in [0.4, 0.5) is 5.82 Å². The van der Waals surface area contributed by atoms with Crippen molar-refractivity contribution >= 4 is 17.4 Å². The highest BCUT2D eigenvalue weighted by Gasteiger charge is 2.28. The summed E-state index contributed by atoms with van der Waals surface area (Å²) in [6, 6.07) is 15.7. The van der Waals surface area contributed by atoms with Gasteiger partial charge < -0.3 is 10.2 Å². The molecule has 33 heavy (non-hydrogen) atoms. The van der Waals surface area contributed by atoms with Crippen LogP contribution in [0.5, 0.6) is 0 Å². The molecule has 0 spiro atoms. The number of hydrogen-bond acceptors (Lipinski definition) is 4. The van der Waals surface area contributed by atoms with Crippen molar-refractivity contribution in [2.24, 2.45) is 11.8 Å². The Kier molecular flexibility index (Phi) is 6.90. The summed E-state index contributed by atoms with van der Waals surface area (Å²) in [4.78, 5) is 11.7. The van der Waals surface area contributed by atoms with E-state index in [1.54, 1.807) is 0 Å². The molecule has 3 aromatic rings. The number of aromatic nitrogens is 2. The summed E-state index contributed by atoms with van der Waals surface area (Å²) in [5.74, 6) is 9.08. The van der Waals surface area contributed by atoms with Crippen LogP contribution in [0.3, 0.4) is 0 Å². The van der Waals surface area contributed by atoms with Crippen molar-refractivity contribution in [2.45, 2.75) is 25.7 Å². The molecule has 0 saturated heterocycles. The van der Waals surface area contributed by atoms with E-state index in [-0.39, 0.29) is 0 Å². The molecule has 5 rings (SSSR count). The zero-order valence-electron chi connectivity index (χ0n) is 18.8. The number of rotatable bonds is 9. The minimum atomic E-state index is 0.730. The second kappa shape index (κ2) is 10.4. The van der Waals surface area contributed by atoms with E-state index in [1.807, 2.05) is 60.9 Å². The fourth-order valence-corrected chi connectivity index (χ4v) is 4.05. The number of hydrogen-bond donors (Lipinski definition) is 1. The van der Waals surface area contributed by atoms with Crippen molar-refractivity contribution in [3.63, 3.8) is 0 Å². The molecule has 2 aliphatic carbocycles. The van der Waals surface area contributed by atoms with Crippen molar-refractivity contribution < 1.29 is 0 Å². The summed E-state index contributed by atoms with van der Waals surface area (Å²) in [5.41, 5.74) is 3.75. The highest BCUT2D eigenvalue weighted by molar-refractivity contribution is 6.30. The molecule has 2 heterocycles. The highest BCUT2D eigenvalue weighted by atomic mass is 35.5. The van der Waals surface area contributed by atoms with Gasteiger partial charge in [0.05, 0.1) is 0 Å². The van der Waals surface area contributed by atoms with E-state index in [1.165, 1.54) is 38.8 Å². The average molecular weight is 457 g/mol. The predicted octanol–water partition coefficient (Wildman–Crippen LogP) is 5.73. The molecule has 0 radical (unpaired) electrons. The molecule has 0 amide bonds. The lowest BCUT2D eigenvalue weighted by molar-refractivity contribution is 0.262. The molecule has 2 aliphatic rings. The van der Waals surface area contributed by atoms with Gasteiger partial charge in [-0.15, -0.1) is 0 Å². The number of benzene rings is 1. The van der Waals surface area contributed by atoms with Gasteiger partial charge >= 0.3 is 0 Å². The van der Waals surface area contributed by atoms with E-state index < -0.39 is 0 Å². The largest absolute Gasteiger partial charge is 0.369 e. The van der Waals surface area contributed by atoms with Gasteiger partial charge in [0.2, 0.25) is 0 Å². The maximum atomic E-state index is 5.96. The molecule has 0 bridgehead atoms. The minimum absolute atomic E-state index is 0.730. The van der Waals surface area contributed by atoms with Crippen LogP contribution in [0.2, 0.25) is 5.02 Å². The van der Waals surface area contributed by atoms with Gasteiger partial charge in [-0.3, -0.25) is 0 Å². The summed E-state index contributed by atoms with van der Waals surface area (Å²) in [5, 5.41) is 4.20. The third-order valence-electron chi connectivity index (χ3n) is 6.20. The van der Waals surface area contributed by atoms with Gasteiger partial charge in [-0.2, -0.15) is 0 Å². The standard InChI is InChI=1S/C28H29ClN4/c29-26-10-7-24(8-11-26)25-9-13-27(31-18-25)12-5-21-6-14-28(32-17-21)30-15-16-33(19-22-1-2-22)20-23-3-4-23/h6-11,13-14,17-18,22-23H,1-4,15-16,19-20H2,(H,30,32). The molecular weight excluding hydrogens is 428 g/mol. The van der Waals surface area contributed by atoms with Gasteiger partial charge in [-0.1, -0.05) is 35.7 Å². The topological polar surface area (TPSA) is 41.0 Å². The minimum Gasteiger partial charge on any atom is -0.369 e. The van der Waals surface area contributed by atoms with Gasteiger partial charge in [-0.05, 0) is 79.3 Å². The Morgan fingerprint density at radius 2 is 1.55 bits per heavy atom. The summed E-state index contributed by atoms with van der Waals surface area (Å²) in [6.45, 7) is 4.57. The lowest BCUT2D eigenvalue weighted by Crippen LogP contribution is -2.33. The van der Waals surface area contributed by atoms with Crippen LogP contribution < -0.4 is 5.32 Å². The number of nitrogens with zero attached hydrogens (tertiary/aromatic N) is 3. The van der Waals surface area contributed by atoms with Crippen molar-refractivity contribution in [1.29, 1.82) is 0 Å². The van der Waals surface area contributed by atoms with E-state index >= 15 is 0 Å². The van der Waals surface area contributed by atoms with Crippen LogP contribution in [0.25, 0.3) is 11.1 Å². The Hall–Kier alpha value is -2.87. The van der Waals surface area contributed by atoms with Crippen molar-refractivity contribution in [3.8, 4) is 23.0 Å². The Labute approximate surface area is 201 Å². The first-order valence-electron chi connectivity index (χ1n) is 11.9. The van der Waals surface area contributed by atoms with Gasteiger partial charge in [-0.25, -0.2) is 9.97 Å². The average Bonchev–Trinajstić information content (AvgIpc) is 3.77. The molecule has 0 aliphatic heterocycles. The number of pyridine rings is 2. The maximum Gasteiger partial charge on any atom is 0.126 e. The molecule has 0 unspecified atom stereocenters. The molecular formula is C28H29ClN4. The molecule has 4 nitrogen and oxygen atoms in total. The Morgan fingerprint density at radius 3 is 2.15 bits per heavy atom. The summed E-state index contributed by atoms with van der Waals surface area (Å²) >= 11 is 5.96. The number of anilines is 1. The van der Waals surface area contributed by atoms with E-state index in [0.717, 1.165) is 58.2 Å². The van der Waals surface area contributed by atoms with Crippen molar-refractivity contribution in [2.75, 3.05) is 31.5 Å². The van der Waals surface area contributed by atoms with Crippen LogP contribution in [-0.4, -0.2) is 41.0 Å². The predicted molar refractivity (Wildman–Crippen MR) is 135 cm³/mol. The van der Waals surface area contributed by atoms with Crippen LogP contribution in [0.1, 0.15) is 36.9 Å². The molecule has 5 heteroatoms. The fraction of sp³-hybridized carbons (Fsp3) is 0.357. The molecule has 2 aromatic heterocycles. The Balaban J connectivity index is 1.12. The normalized spacial score (nSPS) is 15.2. The summed E-state index contributed by atoms with van der Waals surface area (Å²) < 4.78 is 0. The monoisotopic (exact) mass is 456 g/mol. The second-order valence-corrected chi connectivity index (χ2v) is 9.63. The third kappa shape index (κ3) is 6.81. The van der Waals surface area contributed by atoms with Gasteiger partial charge in [0.15, 0.2) is 0 Å². The maximum absolute atomic E-state index is 5.96. The van der Waals surface area contributed by atoms with Crippen LogP contribution in [-0.2, 0) is 0 Å². The first-order chi connectivity index (χ1) is 16.2. The summed E-state index contributed by atoms with van der Waals surface area (Å²) in [7, 11) is 0. The molecule has 1 N–H and O–H groups in total. The van der Waals surface area contributed by atoms with Crippen molar-refractivity contribution in [1.82, 2.24) is 14.9 Å². The third-order valence-corrected chi connectivity index (χ3v) is 6.45. The fourth-order valence-electron chi connectivity index (χ4n) is 3.92. The van der Waals surface area contributed by atoms with Crippen molar-refractivity contribution in [3.05, 3.63) is 77.2 Å². The molecule has 2 fully saturated rings. The Morgan fingerprint density at radius 1 is 0.818 bits per heavy atom. The number of halogens is 1. The van der Waals surface area contributed by atoms with Gasteiger partial charge in [0.25, 0.3) is 0 Å². The first kappa shape index (κ1) is 21.9. The van der Waals surface area contributed by atoms with E-state index in [4.69, 9.17) is 11.6 Å². The SMILES string of the molecule is Clc1ccc(-c2ccc(C#Cc3ccc(NCCN(CC4CC4)CC4CC4)nc3)nc2)cc1. The quantitative estimate of drug-likeness (QED) is 0.417. The smallest absolute Gasteiger partial charge is 0.126 e. The Bertz CT molecular complexity index is 1090. The lowest BCUT2D eigenvalue weighted by atomic mass is 10.1. The first-order valence-corrected chi connectivity index (χ1v) is 12.3. The molecule has 2 saturated carbocycles. The number of nitrogens with one attached hydrogen (secondary N) is 1. The molecule has 168 valence electrons. The van der Waals surface area contributed by atoms with Crippen LogP contribution >= 0.6 is 11.6 Å². The molecule has 1 aromatic carbocycles. The van der Waals surface area contributed by atoms with Gasteiger partial charge in [0, 0.05) is 54.7 Å². The van der Waals surface area contributed by atoms with Crippen LogP contribution in [0, 0.1) is 23.7 Å². The zero-order chi connectivity index (χ0) is 22.5. The van der Waals surface area contributed by atoms with E-state index in [0.29, 0.717) is 0 Å². The van der Waals surface area contributed by atoms with Gasteiger partial charge in [0.1, 0.15) is 11.5 Å². The lowest BCUT2D eigenvalue weighted by Gasteiger charge is -2.22. The zero-order valence-corrected chi connectivity index (χ0v) is 19.6. The van der Waals surface area contributed by atoms with E-state index in [9.17, 15) is 0 Å². The van der Waals surface area contributed by atoms with Crippen LogP contribution in [0.15, 0.2) is 60.9 Å². The summed E-state index contributed by atoms with van der Waals surface area (Å²) in [6.07, 6.45) is 9.33.